The zero-order chi connectivity index (χ0) is 54.3. The molecule has 398 valence electrons. The molecule has 2 aliphatic rings. The van der Waals surface area contributed by atoms with Gasteiger partial charge in [0.1, 0.15) is 37.9 Å². The van der Waals surface area contributed by atoms with Crippen LogP contribution in [-0.2, 0) is 41.5 Å². The lowest BCUT2D eigenvalue weighted by molar-refractivity contribution is -0.150. The van der Waals surface area contributed by atoms with Crippen molar-refractivity contribution in [2.45, 2.75) is 129 Å². The summed E-state index contributed by atoms with van der Waals surface area (Å²) in [6.45, 7) is 26.5. The number of hydrogen-bond donors (Lipinski definition) is 4. The van der Waals surface area contributed by atoms with E-state index in [0.717, 1.165) is 33.4 Å². The molecule has 74 heavy (non-hydrogen) atoms. The van der Waals surface area contributed by atoms with Gasteiger partial charge in [0.05, 0.1) is 11.1 Å². The summed E-state index contributed by atoms with van der Waals surface area (Å²) >= 11 is 0. The maximum atomic E-state index is 13.3. The zero-order valence-electron chi connectivity index (χ0n) is 44.6. The third-order valence-corrected chi connectivity index (χ3v) is 13.8. The van der Waals surface area contributed by atoms with Crippen LogP contribution in [0.2, 0.25) is 0 Å². The lowest BCUT2D eigenvalue weighted by atomic mass is 9.86. The van der Waals surface area contributed by atoms with E-state index in [-0.39, 0.29) is 39.5 Å². The van der Waals surface area contributed by atoms with Crippen molar-refractivity contribution in [3.8, 4) is 11.5 Å². The number of allylic oxidation sites excluding steroid dienone is 2. The van der Waals surface area contributed by atoms with E-state index in [0.29, 0.717) is 48.3 Å². The quantitative estimate of drug-likeness (QED) is 0.0406. The summed E-state index contributed by atoms with van der Waals surface area (Å²) in [5.74, 6) is 0.942. The van der Waals surface area contributed by atoms with Gasteiger partial charge in [0, 0.05) is 24.2 Å². The van der Waals surface area contributed by atoms with Gasteiger partial charge in [-0.2, -0.15) is 0 Å². The third kappa shape index (κ3) is 12.5. The summed E-state index contributed by atoms with van der Waals surface area (Å²) < 4.78 is 33.9. The number of hydrogen-bond acceptors (Lipinski definition) is 12. The fourth-order valence-electron chi connectivity index (χ4n) is 9.24. The number of amides is 4. The van der Waals surface area contributed by atoms with E-state index in [1.165, 1.54) is 9.80 Å². The first-order valence-electron chi connectivity index (χ1n) is 25.1. The lowest BCUT2D eigenvalue weighted by Crippen LogP contribution is -2.53. The fourth-order valence-corrected chi connectivity index (χ4v) is 9.24. The molecule has 0 unspecified atom stereocenters. The zero-order valence-corrected chi connectivity index (χ0v) is 44.6. The van der Waals surface area contributed by atoms with E-state index in [9.17, 15) is 29.4 Å². The first kappa shape index (κ1) is 56.3. The van der Waals surface area contributed by atoms with Crippen LogP contribution >= 0.6 is 0 Å². The fraction of sp³-hybridized carbons (Fsp3) is 0.448. The highest BCUT2D eigenvalue weighted by Gasteiger charge is 2.61. The molecule has 0 spiro atoms. The average molecular weight is 1020 g/mol. The van der Waals surface area contributed by atoms with Crippen molar-refractivity contribution in [2.75, 3.05) is 39.5 Å². The molecule has 16 nitrogen and oxygen atoms in total. The Kier molecular flexibility index (Phi) is 17.2. The van der Waals surface area contributed by atoms with Crippen molar-refractivity contribution >= 4 is 35.5 Å². The van der Waals surface area contributed by atoms with Gasteiger partial charge in [0.25, 0.3) is 0 Å². The highest BCUT2D eigenvalue weighted by Crippen LogP contribution is 2.47. The van der Waals surface area contributed by atoms with Crippen LogP contribution in [0.15, 0.2) is 110 Å². The van der Waals surface area contributed by atoms with Crippen LogP contribution in [0.1, 0.15) is 128 Å². The van der Waals surface area contributed by atoms with Crippen LogP contribution in [0.3, 0.4) is 0 Å². The molecule has 0 aliphatic carbocycles. The predicted molar refractivity (Wildman–Crippen MR) is 282 cm³/mol. The summed E-state index contributed by atoms with van der Waals surface area (Å²) in [6.07, 6.45) is -0.183. The highest BCUT2D eigenvalue weighted by atomic mass is 16.6. The van der Waals surface area contributed by atoms with Gasteiger partial charge in [-0.1, -0.05) is 97.8 Å². The van der Waals surface area contributed by atoms with Crippen LogP contribution in [-0.4, -0.2) is 95.1 Å². The summed E-state index contributed by atoms with van der Waals surface area (Å²) in [7, 11) is 0. The Hall–Kier alpha value is -7.04. The van der Waals surface area contributed by atoms with Crippen molar-refractivity contribution in [1.29, 1.82) is 0 Å². The second-order valence-electron chi connectivity index (χ2n) is 21.1. The number of benzene rings is 4. The largest absolute Gasteiger partial charge is 0.490 e. The maximum Gasteiger partial charge on any atom is 0.413 e. The molecule has 2 saturated heterocycles. The maximum absolute atomic E-state index is 13.3. The molecule has 0 saturated carbocycles. The SMILES string of the molecule is C=C(C)c1cccc(C(C)(C)NC(=O)OCCOc2ccc([C@]3(O)N(CCCCCCN4C(=O)OC(C)(C)[C@]4(O)c4ccc(OCCOC(=O)NC(C)(C)c5cccc(C(=C)C)c5)cc4)C(=O)OC3(C)C)cc2)c1. The molecule has 6 rings (SSSR count). The van der Waals surface area contributed by atoms with Crippen LogP contribution in [0.4, 0.5) is 19.2 Å². The van der Waals surface area contributed by atoms with Crippen LogP contribution in [0.25, 0.3) is 11.1 Å². The van der Waals surface area contributed by atoms with Gasteiger partial charge in [-0.25, -0.2) is 19.2 Å². The molecule has 4 amide bonds. The molecule has 16 heteroatoms. The number of cyclic esters (lactones) is 2. The van der Waals surface area contributed by atoms with Gasteiger partial charge in [0.2, 0.25) is 11.4 Å². The minimum Gasteiger partial charge on any atom is -0.490 e. The summed E-state index contributed by atoms with van der Waals surface area (Å²) in [5, 5.41) is 30.3. The number of nitrogens with one attached hydrogen (secondary N) is 2. The Labute approximate surface area is 435 Å². The summed E-state index contributed by atoms with van der Waals surface area (Å²) in [4.78, 5) is 54.5. The van der Waals surface area contributed by atoms with Gasteiger partial charge in [-0.15, -0.1) is 0 Å². The van der Waals surface area contributed by atoms with Crippen LogP contribution < -0.4 is 20.1 Å². The molecule has 4 aromatic carbocycles. The molecular weight excluding hydrogens is 945 g/mol. The van der Waals surface area contributed by atoms with E-state index < -0.39 is 58.1 Å². The number of nitrogens with zero attached hydrogens (tertiary/aromatic N) is 2. The van der Waals surface area contributed by atoms with Crippen molar-refractivity contribution in [3.63, 3.8) is 0 Å². The molecule has 0 bridgehead atoms. The molecule has 0 aromatic heterocycles. The first-order valence-corrected chi connectivity index (χ1v) is 25.1. The predicted octanol–water partition coefficient (Wildman–Crippen LogP) is 10.8. The smallest absolute Gasteiger partial charge is 0.413 e. The Morgan fingerprint density at radius 1 is 0.568 bits per heavy atom. The van der Waals surface area contributed by atoms with Crippen molar-refractivity contribution in [2.24, 2.45) is 0 Å². The molecule has 2 aliphatic heterocycles. The topological polar surface area (TPSA) is 195 Å². The monoisotopic (exact) mass is 1020 g/mol. The van der Waals surface area contributed by atoms with Crippen LogP contribution in [0.5, 0.6) is 11.5 Å². The second kappa shape index (κ2) is 22.6. The number of alkyl carbamates (subject to hydrolysis) is 2. The van der Waals surface area contributed by atoms with Gasteiger partial charge >= 0.3 is 24.4 Å². The minimum absolute atomic E-state index is 0.0106. The molecule has 2 heterocycles. The second-order valence-corrected chi connectivity index (χ2v) is 21.1. The molecule has 2 atom stereocenters. The van der Waals surface area contributed by atoms with Gasteiger partial charge in [-0.3, -0.25) is 9.80 Å². The summed E-state index contributed by atoms with van der Waals surface area (Å²) in [6, 6.07) is 29.0. The number of carbonyl (C=O) groups is 4. The molecular formula is C58H74N4O12. The van der Waals surface area contributed by atoms with E-state index >= 15 is 0 Å². The van der Waals surface area contributed by atoms with Gasteiger partial charge < -0.3 is 49.3 Å². The molecule has 4 N–H and O–H groups in total. The number of aliphatic hydroxyl groups is 2. The normalized spacial score (nSPS) is 19.0. The standard InChI is InChI=1S/C58H74N4O12/c1-39(2)41-19-17-21-45(37-41)53(5,6)59-49(63)71-35-33-69-47-27-23-43(24-28-47)57(67)55(9,10)73-51(65)61(57)31-15-13-14-16-32-62-52(66)74-56(11,12)58(62,68)44-25-29-48(30-26-44)70-34-36-72-50(64)60-54(7,8)46-22-18-20-42(38-46)40(3)4/h17-30,37-38,67-68H,1,3,13-16,31-36H2,2,4-12H3,(H,59,63)(H,60,64)/t57-,58-/m1/s1. The van der Waals surface area contributed by atoms with Crippen molar-refractivity contribution in [3.05, 3.63) is 144 Å². The summed E-state index contributed by atoms with van der Waals surface area (Å²) in [5.41, 5.74) is -1.09. The van der Waals surface area contributed by atoms with Crippen molar-refractivity contribution in [1.82, 2.24) is 20.4 Å². The number of ether oxygens (including phenoxy) is 6. The van der Waals surface area contributed by atoms with E-state index in [2.05, 4.69) is 23.8 Å². The number of rotatable bonds is 23. The molecule has 0 radical (unpaired) electrons. The van der Waals surface area contributed by atoms with Crippen LogP contribution in [0, 0.1) is 0 Å². The molecule has 4 aromatic rings. The van der Waals surface area contributed by atoms with Gasteiger partial charge in [-0.05, 0) is 141 Å². The average Bonchev–Trinajstić information content (AvgIpc) is 3.64. The van der Waals surface area contributed by atoms with E-state index in [1.54, 1.807) is 76.2 Å². The number of carbonyl (C=O) groups excluding carboxylic acids is 4. The first-order chi connectivity index (χ1) is 34.7. The Morgan fingerprint density at radius 3 is 1.26 bits per heavy atom. The highest BCUT2D eigenvalue weighted by molar-refractivity contribution is 5.74. The number of unbranched alkanes of at least 4 members (excludes halogenated alkanes) is 3. The Balaban J connectivity index is 0.947. The van der Waals surface area contributed by atoms with Crippen molar-refractivity contribution < 1.29 is 57.8 Å². The van der Waals surface area contributed by atoms with E-state index in [4.69, 9.17) is 28.4 Å². The molecule has 2 fully saturated rings. The minimum atomic E-state index is -1.80. The van der Waals surface area contributed by atoms with E-state index in [1.807, 2.05) is 90.1 Å². The Morgan fingerprint density at radius 2 is 0.919 bits per heavy atom. The third-order valence-electron chi connectivity index (χ3n) is 13.8. The van der Waals surface area contributed by atoms with Gasteiger partial charge in [0.15, 0.2) is 11.2 Å². The lowest BCUT2D eigenvalue weighted by Gasteiger charge is -2.39. The Bertz CT molecular complexity index is 2500.